The van der Waals surface area contributed by atoms with Gasteiger partial charge in [0.05, 0.1) is 19.7 Å². The van der Waals surface area contributed by atoms with Gasteiger partial charge in [0.25, 0.3) is 5.91 Å². The number of morpholine rings is 1. The molecule has 1 fully saturated rings. The van der Waals surface area contributed by atoms with Crippen LogP contribution >= 0.6 is 11.3 Å². The van der Waals surface area contributed by atoms with Gasteiger partial charge in [-0.2, -0.15) is 5.10 Å². The van der Waals surface area contributed by atoms with Crippen LogP contribution in [0.15, 0.2) is 18.3 Å². The van der Waals surface area contributed by atoms with E-state index in [1.165, 1.54) is 11.3 Å². The molecule has 1 unspecified atom stereocenters. The molecule has 1 aliphatic rings. The number of nitrogens with two attached hydrogens (primary N) is 1. The first-order chi connectivity index (χ1) is 13.9. The van der Waals surface area contributed by atoms with Crippen molar-refractivity contribution >= 4 is 33.4 Å². The first-order valence-electron chi connectivity index (χ1n) is 9.38. The molecule has 4 rings (SSSR count). The molecule has 2 N–H and O–H groups in total. The lowest BCUT2D eigenvalue weighted by molar-refractivity contribution is -0.139. The zero-order valence-corrected chi connectivity index (χ0v) is 17.1. The summed E-state index contributed by atoms with van der Waals surface area (Å²) in [5.74, 6) is 0.994. The van der Waals surface area contributed by atoms with Crippen LogP contribution in [0.4, 0.5) is 0 Å². The quantitative estimate of drug-likeness (QED) is 0.678. The Morgan fingerprint density at radius 1 is 1.38 bits per heavy atom. The Bertz CT molecular complexity index is 1080. The second kappa shape index (κ2) is 7.88. The van der Waals surface area contributed by atoms with E-state index in [2.05, 4.69) is 15.1 Å². The summed E-state index contributed by atoms with van der Waals surface area (Å²) in [6.45, 7) is 5.45. The van der Waals surface area contributed by atoms with Crippen molar-refractivity contribution in [2.75, 3.05) is 19.7 Å². The minimum absolute atomic E-state index is 0.0177. The number of carbonyl (C=O) groups excluding carboxylic acids is 2. The van der Waals surface area contributed by atoms with E-state index in [9.17, 15) is 9.59 Å². The van der Waals surface area contributed by atoms with E-state index in [-0.39, 0.29) is 5.91 Å². The van der Waals surface area contributed by atoms with Crippen LogP contribution in [0.3, 0.4) is 0 Å². The van der Waals surface area contributed by atoms with E-state index in [1.54, 1.807) is 15.8 Å². The monoisotopic (exact) mass is 414 g/mol. The molecular weight excluding hydrogens is 392 g/mol. The molecule has 0 saturated carbocycles. The third kappa shape index (κ3) is 3.85. The van der Waals surface area contributed by atoms with Crippen LogP contribution in [0.25, 0.3) is 10.2 Å². The second-order valence-corrected chi connectivity index (χ2v) is 7.94. The number of amides is 2. The van der Waals surface area contributed by atoms with Crippen LogP contribution < -0.4 is 5.73 Å². The highest BCUT2D eigenvalue weighted by Gasteiger charge is 2.31. The molecule has 0 aromatic carbocycles. The summed E-state index contributed by atoms with van der Waals surface area (Å²) >= 11 is 1.26. The van der Waals surface area contributed by atoms with Gasteiger partial charge in [0.15, 0.2) is 0 Å². The molecule has 1 atom stereocenters. The number of pyridine rings is 1. The van der Waals surface area contributed by atoms with E-state index in [0.29, 0.717) is 43.4 Å². The maximum absolute atomic E-state index is 12.8. The van der Waals surface area contributed by atoms with Crippen molar-refractivity contribution in [3.05, 3.63) is 40.4 Å². The molecule has 1 saturated heterocycles. The van der Waals surface area contributed by atoms with E-state index in [0.717, 1.165) is 21.6 Å². The summed E-state index contributed by atoms with van der Waals surface area (Å²) in [6.07, 6.45) is 1.59. The number of rotatable bonds is 5. The summed E-state index contributed by atoms with van der Waals surface area (Å²) in [5, 5.41) is 5.15. The third-order valence-electron chi connectivity index (χ3n) is 4.97. The fourth-order valence-corrected chi connectivity index (χ4v) is 4.68. The topological polar surface area (TPSA) is 116 Å². The number of aromatic nitrogens is 4. The van der Waals surface area contributed by atoms with Crippen LogP contribution in [0.2, 0.25) is 0 Å². The Hall–Kier alpha value is -2.85. The van der Waals surface area contributed by atoms with Crippen LogP contribution in [-0.2, 0) is 16.1 Å². The first-order valence-corrected chi connectivity index (χ1v) is 10.2. The minimum Gasteiger partial charge on any atom is -0.370 e. The number of primary amides is 1. The number of aryl methyl sites for hydroxylation is 3. The molecular formula is C19H22N6O3S. The molecule has 29 heavy (non-hydrogen) atoms. The third-order valence-corrected chi connectivity index (χ3v) is 6.11. The average molecular weight is 414 g/mol. The van der Waals surface area contributed by atoms with Gasteiger partial charge in [0.1, 0.15) is 27.5 Å². The van der Waals surface area contributed by atoms with Gasteiger partial charge in [0, 0.05) is 30.1 Å². The SMILES string of the molecule is Cc1nc(C)n(CCC(=O)N2CCOC(c3c(C(N)=O)sc4ncccc34)C2)n1. The molecule has 10 heteroatoms. The van der Waals surface area contributed by atoms with Gasteiger partial charge >= 0.3 is 0 Å². The lowest BCUT2D eigenvalue weighted by atomic mass is 10.0. The lowest BCUT2D eigenvalue weighted by Crippen LogP contribution is -2.42. The van der Waals surface area contributed by atoms with Gasteiger partial charge in [-0.25, -0.2) is 14.6 Å². The molecule has 2 amide bonds. The second-order valence-electron chi connectivity index (χ2n) is 6.94. The smallest absolute Gasteiger partial charge is 0.259 e. The van der Waals surface area contributed by atoms with Crippen molar-refractivity contribution in [3.63, 3.8) is 0 Å². The van der Waals surface area contributed by atoms with Crippen LogP contribution in [-0.4, -0.2) is 56.2 Å². The highest BCUT2D eigenvalue weighted by atomic mass is 32.1. The van der Waals surface area contributed by atoms with Gasteiger partial charge in [-0.15, -0.1) is 11.3 Å². The van der Waals surface area contributed by atoms with Crippen LogP contribution in [0, 0.1) is 13.8 Å². The van der Waals surface area contributed by atoms with E-state index >= 15 is 0 Å². The van der Waals surface area contributed by atoms with Crippen molar-refractivity contribution in [2.24, 2.45) is 5.73 Å². The van der Waals surface area contributed by atoms with Crippen molar-refractivity contribution in [1.82, 2.24) is 24.6 Å². The zero-order valence-electron chi connectivity index (χ0n) is 16.3. The summed E-state index contributed by atoms with van der Waals surface area (Å²) in [7, 11) is 0. The van der Waals surface area contributed by atoms with Crippen molar-refractivity contribution in [1.29, 1.82) is 0 Å². The molecule has 3 aromatic heterocycles. The Balaban J connectivity index is 1.52. The first kappa shape index (κ1) is 19.5. The molecule has 1 aliphatic heterocycles. The summed E-state index contributed by atoms with van der Waals surface area (Å²) in [5.41, 5.74) is 6.33. The van der Waals surface area contributed by atoms with Crippen molar-refractivity contribution < 1.29 is 14.3 Å². The number of ether oxygens (including phenoxy) is 1. The van der Waals surface area contributed by atoms with Crippen molar-refractivity contribution in [2.45, 2.75) is 32.9 Å². The molecule has 9 nitrogen and oxygen atoms in total. The minimum atomic E-state index is -0.507. The number of hydrogen-bond donors (Lipinski definition) is 1. The summed E-state index contributed by atoms with van der Waals surface area (Å²) in [4.78, 5) is 36.3. The maximum atomic E-state index is 12.8. The molecule has 0 radical (unpaired) electrons. The van der Waals surface area contributed by atoms with Gasteiger partial charge in [-0.3, -0.25) is 9.59 Å². The van der Waals surface area contributed by atoms with E-state index < -0.39 is 12.0 Å². The van der Waals surface area contributed by atoms with Crippen molar-refractivity contribution in [3.8, 4) is 0 Å². The Kier molecular flexibility index (Phi) is 5.29. The fraction of sp³-hybridized carbons (Fsp3) is 0.421. The predicted molar refractivity (Wildman–Crippen MR) is 108 cm³/mol. The largest absolute Gasteiger partial charge is 0.370 e. The van der Waals surface area contributed by atoms with Gasteiger partial charge in [-0.1, -0.05) is 6.07 Å². The highest BCUT2D eigenvalue weighted by molar-refractivity contribution is 7.20. The molecule has 152 valence electrons. The zero-order chi connectivity index (χ0) is 20.5. The number of hydrogen-bond acceptors (Lipinski definition) is 7. The predicted octanol–water partition coefficient (Wildman–Crippen LogP) is 1.59. The molecule has 0 bridgehead atoms. The highest BCUT2D eigenvalue weighted by Crippen LogP contribution is 2.37. The number of thiophene rings is 1. The standard InChI is InChI=1S/C19H22N6O3S/c1-11-22-12(2)25(23-11)7-5-15(26)24-8-9-28-14(10-24)16-13-4-3-6-21-19(13)29-17(16)18(20)27/h3-4,6,14H,5,7-10H2,1-2H3,(H2,20,27). The van der Waals surface area contributed by atoms with Crippen LogP contribution in [0.5, 0.6) is 0 Å². The number of fused-ring (bicyclic) bond motifs is 1. The number of carbonyl (C=O) groups is 2. The van der Waals surface area contributed by atoms with Gasteiger partial charge < -0.3 is 15.4 Å². The Morgan fingerprint density at radius 3 is 2.93 bits per heavy atom. The molecule has 4 heterocycles. The maximum Gasteiger partial charge on any atom is 0.259 e. The summed E-state index contributed by atoms with van der Waals surface area (Å²) in [6, 6.07) is 3.72. The fourth-order valence-electron chi connectivity index (χ4n) is 3.64. The molecule has 0 aliphatic carbocycles. The molecule has 3 aromatic rings. The average Bonchev–Trinajstić information content (AvgIpc) is 3.25. The van der Waals surface area contributed by atoms with Gasteiger partial charge in [-0.05, 0) is 19.9 Å². The Labute approximate surface area is 171 Å². The lowest BCUT2D eigenvalue weighted by Gasteiger charge is -2.33. The normalized spacial score (nSPS) is 17.0. The van der Waals surface area contributed by atoms with Crippen LogP contribution in [0.1, 0.15) is 39.4 Å². The summed E-state index contributed by atoms with van der Waals surface area (Å²) < 4.78 is 7.68. The van der Waals surface area contributed by atoms with E-state index in [4.69, 9.17) is 10.5 Å². The van der Waals surface area contributed by atoms with Gasteiger partial charge in [0.2, 0.25) is 5.91 Å². The number of nitrogens with zero attached hydrogens (tertiary/aromatic N) is 5. The Morgan fingerprint density at radius 2 is 2.21 bits per heavy atom. The molecule has 0 spiro atoms. The van der Waals surface area contributed by atoms with E-state index in [1.807, 2.05) is 26.0 Å².